The maximum absolute atomic E-state index is 10.6. The van der Waals surface area contributed by atoms with E-state index in [2.05, 4.69) is 0 Å². The standard InChI is InChI=1S/C5H8N2O2/c1-7-4(9)2-3(8)5(7)6/h3,6,8H,2H2,1H3. The molecule has 1 amide bonds. The fourth-order valence-electron chi connectivity index (χ4n) is 0.757. The van der Waals surface area contributed by atoms with Crippen LogP contribution >= 0.6 is 0 Å². The van der Waals surface area contributed by atoms with E-state index in [-0.39, 0.29) is 18.2 Å². The Labute approximate surface area is 52.6 Å². The van der Waals surface area contributed by atoms with Crippen LogP contribution in [0.25, 0.3) is 0 Å². The van der Waals surface area contributed by atoms with Crippen molar-refractivity contribution in [3.63, 3.8) is 0 Å². The highest BCUT2D eigenvalue weighted by Gasteiger charge is 2.30. The average Bonchev–Trinajstić information content (AvgIpc) is 1.98. The molecule has 1 heterocycles. The molecule has 0 saturated carbocycles. The van der Waals surface area contributed by atoms with Crippen molar-refractivity contribution in [1.29, 1.82) is 5.41 Å². The number of rotatable bonds is 0. The maximum atomic E-state index is 10.6. The number of carbonyl (C=O) groups is 1. The van der Waals surface area contributed by atoms with Crippen LogP contribution in [0.4, 0.5) is 0 Å². The van der Waals surface area contributed by atoms with Gasteiger partial charge in [-0.3, -0.25) is 10.2 Å². The number of carbonyl (C=O) groups excluding carboxylic acids is 1. The third-order valence-electron chi connectivity index (χ3n) is 1.42. The van der Waals surface area contributed by atoms with Gasteiger partial charge in [-0.25, -0.2) is 0 Å². The number of aliphatic hydroxyl groups excluding tert-OH is 1. The van der Waals surface area contributed by atoms with Gasteiger partial charge in [0.2, 0.25) is 5.91 Å². The van der Waals surface area contributed by atoms with Crippen molar-refractivity contribution in [2.75, 3.05) is 7.05 Å². The van der Waals surface area contributed by atoms with Crippen molar-refractivity contribution in [3.05, 3.63) is 0 Å². The van der Waals surface area contributed by atoms with Gasteiger partial charge in [0.25, 0.3) is 0 Å². The highest BCUT2D eigenvalue weighted by Crippen LogP contribution is 2.09. The summed E-state index contributed by atoms with van der Waals surface area (Å²) < 4.78 is 0. The first kappa shape index (κ1) is 6.22. The summed E-state index contributed by atoms with van der Waals surface area (Å²) in [6.07, 6.45) is -0.808. The van der Waals surface area contributed by atoms with Gasteiger partial charge in [0.1, 0.15) is 11.9 Å². The van der Waals surface area contributed by atoms with Gasteiger partial charge in [0.15, 0.2) is 0 Å². The average molecular weight is 128 g/mol. The monoisotopic (exact) mass is 128 g/mol. The number of nitrogens with one attached hydrogen (secondary N) is 1. The number of likely N-dealkylation sites (N-methyl/N-ethyl adjacent to an activating group) is 1. The number of amidine groups is 1. The summed E-state index contributed by atoms with van der Waals surface area (Å²) in [5, 5.41) is 15.9. The smallest absolute Gasteiger partial charge is 0.230 e. The first-order valence-electron chi connectivity index (χ1n) is 2.66. The highest BCUT2D eigenvalue weighted by atomic mass is 16.3. The normalized spacial score (nSPS) is 27.8. The van der Waals surface area contributed by atoms with Crippen LogP contribution in [0.1, 0.15) is 6.42 Å². The van der Waals surface area contributed by atoms with Gasteiger partial charge in [-0.1, -0.05) is 0 Å². The molecule has 4 heteroatoms. The van der Waals surface area contributed by atoms with Crippen LogP contribution in [0.2, 0.25) is 0 Å². The van der Waals surface area contributed by atoms with Crippen molar-refractivity contribution in [3.8, 4) is 0 Å². The molecule has 4 nitrogen and oxygen atoms in total. The number of likely N-dealkylation sites (tertiary alicyclic amines) is 1. The first-order valence-corrected chi connectivity index (χ1v) is 2.66. The molecule has 0 spiro atoms. The fourth-order valence-corrected chi connectivity index (χ4v) is 0.757. The number of hydrogen-bond acceptors (Lipinski definition) is 3. The molecule has 1 aliphatic heterocycles. The zero-order valence-electron chi connectivity index (χ0n) is 5.09. The minimum Gasteiger partial charge on any atom is -0.385 e. The fraction of sp³-hybridized carbons (Fsp3) is 0.600. The van der Waals surface area contributed by atoms with Crippen molar-refractivity contribution in [2.45, 2.75) is 12.5 Å². The van der Waals surface area contributed by atoms with E-state index in [4.69, 9.17) is 10.5 Å². The number of amides is 1. The summed E-state index contributed by atoms with van der Waals surface area (Å²) in [6.45, 7) is 0. The minimum atomic E-state index is -0.873. The second-order valence-electron chi connectivity index (χ2n) is 2.06. The molecular weight excluding hydrogens is 120 g/mol. The first-order chi connectivity index (χ1) is 4.13. The van der Waals surface area contributed by atoms with Gasteiger partial charge in [0, 0.05) is 7.05 Å². The highest BCUT2D eigenvalue weighted by molar-refractivity contribution is 6.05. The molecule has 50 valence electrons. The van der Waals surface area contributed by atoms with Crippen LogP contribution in [0, 0.1) is 5.41 Å². The van der Waals surface area contributed by atoms with E-state index in [0.717, 1.165) is 4.90 Å². The van der Waals surface area contributed by atoms with E-state index in [0.29, 0.717) is 0 Å². The van der Waals surface area contributed by atoms with E-state index in [9.17, 15) is 4.79 Å². The third kappa shape index (κ3) is 0.810. The molecule has 0 aromatic heterocycles. The van der Waals surface area contributed by atoms with Crippen LogP contribution in [0.5, 0.6) is 0 Å². The van der Waals surface area contributed by atoms with Crippen molar-refractivity contribution < 1.29 is 9.90 Å². The molecule has 0 aliphatic carbocycles. The molecule has 0 bridgehead atoms. The second kappa shape index (κ2) is 1.80. The van der Waals surface area contributed by atoms with E-state index in [1.54, 1.807) is 0 Å². The zero-order chi connectivity index (χ0) is 7.02. The minimum absolute atomic E-state index is 0.000000000000000444. The molecule has 2 N–H and O–H groups in total. The van der Waals surface area contributed by atoms with Gasteiger partial charge in [-0.15, -0.1) is 0 Å². The van der Waals surface area contributed by atoms with E-state index >= 15 is 0 Å². The van der Waals surface area contributed by atoms with Crippen LogP contribution in [-0.4, -0.2) is 34.9 Å². The van der Waals surface area contributed by atoms with Gasteiger partial charge in [-0.05, 0) is 0 Å². The lowest BCUT2D eigenvalue weighted by Crippen LogP contribution is -2.26. The maximum Gasteiger partial charge on any atom is 0.230 e. The van der Waals surface area contributed by atoms with Gasteiger partial charge >= 0.3 is 0 Å². The Balaban J connectivity index is 2.77. The predicted molar refractivity (Wildman–Crippen MR) is 31.1 cm³/mol. The molecule has 0 radical (unpaired) electrons. The number of nitrogens with zero attached hydrogens (tertiary/aromatic N) is 1. The molecule has 0 aromatic rings. The lowest BCUT2D eigenvalue weighted by atomic mass is 10.3. The molecule has 1 atom stereocenters. The molecular formula is C5H8N2O2. The summed E-state index contributed by atoms with van der Waals surface area (Å²) in [5.74, 6) is -0.187. The van der Waals surface area contributed by atoms with Crippen LogP contribution < -0.4 is 0 Å². The Morgan fingerprint density at radius 3 is 2.56 bits per heavy atom. The van der Waals surface area contributed by atoms with Gasteiger partial charge in [0.05, 0.1) is 6.42 Å². The second-order valence-corrected chi connectivity index (χ2v) is 2.06. The topological polar surface area (TPSA) is 64.4 Å². The Kier molecular flexibility index (Phi) is 1.25. The molecule has 1 saturated heterocycles. The quantitative estimate of drug-likeness (QED) is 0.448. The van der Waals surface area contributed by atoms with Crippen molar-refractivity contribution >= 4 is 11.7 Å². The Morgan fingerprint density at radius 1 is 1.89 bits per heavy atom. The van der Waals surface area contributed by atoms with Gasteiger partial charge < -0.3 is 10.0 Å². The number of hydrogen-bond donors (Lipinski definition) is 2. The van der Waals surface area contributed by atoms with Crippen molar-refractivity contribution in [2.24, 2.45) is 0 Å². The predicted octanol–water partition coefficient (Wildman–Crippen LogP) is -0.813. The molecule has 1 unspecified atom stereocenters. The van der Waals surface area contributed by atoms with Crippen molar-refractivity contribution in [1.82, 2.24) is 4.90 Å². The molecule has 9 heavy (non-hydrogen) atoms. The van der Waals surface area contributed by atoms with E-state index in [1.165, 1.54) is 7.05 Å². The summed E-state index contributed by atoms with van der Waals surface area (Å²) in [6, 6.07) is 0. The Hall–Kier alpha value is -0.900. The van der Waals surface area contributed by atoms with E-state index < -0.39 is 6.10 Å². The van der Waals surface area contributed by atoms with E-state index in [1.807, 2.05) is 0 Å². The summed E-state index contributed by atoms with van der Waals surface area (Å²) >= 11 is 0. The lowest BCUT2D eigenvalue weighted by molar-refractivity contribution is -0.125. The largest absolute Gasteiger partial charge is 0.385 e. The lowest BCUT2D eigenvalue weighted by Gasteiger charge is -2.06. The van der Waals surface area contributed by atoms with Crippen LogP contribution in [0.3, 0.4) is 0 Å². The SMILES string of the molecule is CN1C(=N)C(O)CC1=O. The number of aliphatic hydroxyl groups is 1. The Morgan fingerprint density at radius 2 is 2.44 bits per heavy atom. The third-order valence-corrected chi connectivity index (χ3v) is 1.42. The summed E-state index contributed by atoms with van der Waals surface area (Å²) in [4.78, 5) is 11.8. The molecule has 1 fully saturated rings. The van der Waals surface area contributed by atoms with Crippen LogP contribution in [0.15, 0.2) is 0 Å². The molecule has 0 aromatic carbocycles. The van der Waals surface area contributed by atoms with Gasteiger partial charge in [-0.2, -0.15) is 0 Å². The Bertz CT molecular complexity index is 166. The molecule has 1 rings (SSSR count). The summed E-state index contributed by atoms with van der Waals surface area (Å²) in [5.41, 5.74) is 0. The summed E-state index contributed by atoms with van der Waals surface area (Å²) in [7, 11) is 1.49. The van der Waals surface area contributed by atoms with Crippen LogP contribution in [-0.2, 0) is 4.79 Å². The zero-order valence-corrected chi connectivity index (χ0v) is 5.09. The molecule has 1 aliphatic rings.